The minimum Gasteiger partial charge on any atom is -0.368 e. The molecule has 0 aliphatic carbocycles. The van der Waals surface area contributed by atoms with Gasteiger partial charge >= 0.3 is 0 Å². The van der Waals surface area contributed by atoms with Gasteiger partial charge in [-0.05, 0) is 23.6 Å². The predicted molar refractivity (Wildman–Crippen MR) is 130 cm³/mol. The van der Waals surface area contributed by atoms with Crippen LogP contribution in [0.5, 0.6) is 0 Å². The second-order valence-electron chi connectivity index (χ2n) is 8.75. The lowest BCUT2D eigenvalue weighted by atomic mass is 10.0. The summed E-state index contributed by atoms with van der Waals surface area (Å²) >= 11 is 0. The highest BCUT2D eigenvalue weighted by atomic mass is 16.2. The van der Waals surface area contributed by atoms with Crippen molar-refractivity contribution in [3.05, 3.63) is 66.2 Å². The minimum absolute atomic E-state index is 0.0307. The van der Waals surface area contributed by atoms with Crippen molar-refractivity contribution in [1.82, 2.24) is 15.5 Å². The Labute approximate surface area is 196 Å². The number of para-hydroxylation sites is 1. The number of anilines is 1. The van der Waals surface area contributed by atoms with E-state index in [4.69, 9.17) is 0 Å². The molecule has 1 saturated heterocycles. The van der Waals surface area contributed by atoms with Crippen molar-refractivity contribution in [2.24, 2.45) is 5.92 Å². The van der Waals surface area contributed by atoms with Gasteiger partial charge in [0.25, 0.3) is 0 Å². The first-order valence-electron chi connectivity index (χ1n) is 11.6. The zero-order valence-electron chi connectivity index (χ0n) is 19.5. The van der Waals surface area contributed by atoms with E-state index in [1.54, 1.807) is 0 Å². The normalized spacial score (nSPS) is 14.6. The highest BCUT2D eigenvalue weighted by Crippen LogP contribution is 2.16. The van der Waals surface area contributed by atoms with Crippen molar-refractivity contribution in [2.75, 3.05) is 37.6 Å². The molecule has 2 aromatic carbocycles. The van der Waals surface area contributed by atoms with Gasteiger partial charge < -0.3 is 20.4 Å². The van der Waals surface area contributed by atoms with Crippen molar-refractivity contribution in [2.45, 2.75) is 32.7 Å². The lowest BCUT2D eigenvalue weighted by Crippen LogP contribution is -2.49. The fraction of sp³-hybridized carbons (Fsp3) is 0.423. The third kappa shape index (κ3) is 7.34. The molecular weight excluding hydrogens is 416 g/mol. The van der Waals surface area contributed by atoms with E-state index in [1.807, 2.05) is 67.3 Å². The number of carbonyl (C=O) groups is 3. The van der Waals surface area contributed by atoms with Gasteiger partial charge in [0, 0.05) is 51.3 Å². The van der Waals surface area contributed by atoms with Crippen molar-refractivity contribution in [3.8, 4) is 0 Å². The van der Waals surface area contributed by atoms with Crippen LogP contribution < -0.4 is 15.5 Å². The molecule has 176 valence electrons. The van der Waals surface area contributed by atoms with Crippen LogP contribution in [0.1, 0.15) is 38.3 Å². The number of amides is 3. The van der Waals surface area contributed by atoms with Crippen LogP contribution in [0, 0.1) is 5.92 Å². The van der Waals surface area contributed by atoms with Crippen molar-refractivity contribution in [1.29, 1.82) is 0 Å². The summed E-state index contributed by atoms with van der Waals surface area (Å²) in [5.41, 5.74) is 1.89. The molecule has 7 nitrogen and oxygen atoms in total. The summed E-state index contributed by atoms with van der Waals surface area (Å²) in [7, 11) is 0. The number of nitrogens with one attached hydrogen (secondary N) is 2. The number of carbonyl (C=O) groups excluding carboxylic acids is 3. The van der Waals surface area contributed by atoms with E-state index in [0.29, 0.717) is 19.5 Å². The molecule has 1 atom stereocenters. The van der Waals surface area contributed by atoms with Crippen LogP contribution in [-0.4, -0.2) is 55.3 Å². The smallest absolute Gasteiger partial charge is 0.247 e. The monoisotopic (exact) mass is 450 g/mol. The van der Waals surface area contributed by atoms with Gasteiger partial charge in [0.15, 0.2) is 0 Å². The summed E-state index contributed by atoms with van der Waals surface area (Å²) in [6.07, 6.45) is 0.586. The lowest BCUT2D eigenvalue weighted by molar-refractivity contribution is -0.132. The lowest BCUT2D eigenvalue weighted by Gasteiger charge is -2.36. The summed E-state index contributed by atoms with van der Waals surface area (Å²) in [5.74, 6) is -0.242. The van der Waals surface area contributed by atoms with Crippen LogP contribution in [-0.2, 0) is 14.4 Å². The van der Waals surface area contributed by atoms with Crippen molar-refractivity contribution < 1.29 is 14.4 Å². The fourth-order valence-corrected chi connectivity index (χ4v) is 3.94. The molecule has 2 N–H and O–H groups in total. The average Bonchev–Trinajstić information content (AvgIpc) is 2.83. The van der Waals surface area contributed by atoms with E-state index in [1.165, 1.54) is 5.69 Å². The van der Waals surface area contributed by atoms with Crippen LogP contribution in [0.2, 0.25) is 0 Å². The quantitative estimate of drug-likeness (QED) is 0.616. The molecule has 1 aliphatic heterocycles. The Hall–Kier alpha value is -3.35. The molecular formula is C26H34N4O3. The minimum atomic E-state index is -0.776. The number of rotatable bonds is 9. The number of hydrogen-bond donors (Lipinski definition) is 2. The standard InChI is InChI=1S/C26H34N4O3/c1-20(2)19-23(31)28-25(21-9-5-3-6-10-21)26(33)27-14-13-24(32)30-17-15-29(16-18-30)22-11-7-4-8-12-22/h3-12,20,25H,13-19H2,1-2H3,(H,27,33)(H,28,31). The summed E-state index contributed by atoms with van der Waals surface area (Å²) in [6, 6.07) is 18.6. The molecule has 0 aromatic heterocycles. The van der Waals surface area contributed by atoms with Crippen LogP contribution in [0.3, 0.4) is 0 Å². The molecule has 1 aliphatic rings. The summed E-state index contributed by atoms with van der Waals surface area (Å²) in [5, 5.41) is 5.67. The Morgan fingerprint density at radius 1 is 0.879 bits per heavy atom. The Balaban J connectivity index is 1.48. The molecule has 7 heteroatoms. The molecule has 1 heterocycles. The number of nitrogens with zero attached hydrogens (tertiary/aromatic N) is 2. The molecule has 0 spiro atoms. The number of hydrogen-bond acceptors (Lipinski definition) is 4. The third-order valence-electron chi connectivity index (χ3n) is 5.69. The SMILES string of the molecule is CC(C)CC(=O)NC(C(=O)NCCC(=O)N1CCN(c2ccccc2)CC1)c1ccccc1. The Kier molecular flexibility index (Phi) is 8.87. The molecule has 1 fully saturated rings. The van der Waals surface area contributed by atoms with Crippen LogP contribution in [0.4, 0.5) is 5.69 Å². The van der Waals surface area contributed by atoms with Gasteiger partial charge in [0.05, 0.1) is 0 Å². The summed E-state index contributed by atoms with van der Waals surface area (Å²) < 4.78 is 0. The van der Waals surface area contributed by atoms with Gasteiger partial charge in [-0.15, -0.1) is 0 Å². The molecule has 0 saturated carbocycles. The van der Waals surface area contributed by atoms with E-state index < -0.39 is 6.04 Å². The van der Waals surface area contributed by atoms with E-state index in [0.717, 1.165) is 18.7 Å². The van der Waals surface area contributed by atoms with Crippen LogP contribution in [0.15, 0.2) is 60.7 Å². The van der Waals surface area contributed by atoms with Gasteiger partial charge in [-0.25, -0.2) is 0 Å². The van der Waals surface area contributed by atoms with E-state index in [9.17, 15) is 14.4 Å². The molecule has 3 amide bonds. The molecule has 2 aromatic rings. The summed E-state index contributed by atoms with van der Waals surface area (Å²) in [6.45, 7) is 7.07. The van der Waals surface area contributed by atoms with Gasteiger partial charge in [0.2, 0.25) is 17.7 Å². The van der Waals surface area contributed by atoms with Gasteiger partial charge in [-0.2, -0.15) is 0 Å². The van der Waals surface area contributed by atoms with Crippen molar-refractivity contribution >= 4 is 23.4 Å². The molecule has 0 bridgehead atoms. The maximum atomic E-state index is 12.9. The third-order valence-corrected chi connectivity index (χ3v) is 5.69. The van der Waals surface area contributed by atoms with E-state index >= 15 is 0 Å². The highest BCUT2D eigenvalue weighted by molar-refractivity contribution is 5.89. The highest BCUT2D eigenvalue weighted by Gasteiger charge is 2.24. The fourth-order valence-electron chi connectivity index (χ4n) is 3.94. The predicted octanol–water partition coefficient (Wildman–Crippen LogP) is 2.75. The van der Waals surface area contributed by atoms with Gasteiger partial charge in [-0.1, -0.05) is 62.4 Å². The second kappa shape index (κ2) is 12.0. The largest absolute Gasteiger partial charge is 0.368 e. The Morgan fingerprint density at radius 2 is 1.48 bits per heavy atom. The second-order valence-corrected chi connectivity index (χ2v) is 8.75. The maximum Gasteiger partial charge on any atom is 0.247 e. The first-order valence-corrected chi connectivity index (χ1v) is 11.6. The molecule has 0 radical (unpaired) electrons. The zero-order chi connectivity index (χ0) is 23.6. The van der Waals surface area contributed by atoms with E-state index in [-0.39, 0.29) is 36.6 Å². The van der Waals surface area contributed by atoms with Crippen molar-refractivity contribution in [3.63, 3.8) is 0 Å². The zero-order valence-corrected chi connectivity index (χ0v) is 19.5. The van der Waals surface area contributed by atoms with Gasteiger partial charge in [-0.3, -0.25) is 14.4 Å². The number of piperazine rings is 1. The molecule has 33 heavy (non-hydrogen) atoms. The average molecular weight is 451 g/mol. The van der Waals surface area contributed by atoms with Gasteiger partial charge in [0.1, 0.15) is 6.04 Å². The first-order chi connectivity index (χ1) is 15.9. The Morgan fingerprint density at radius 3 is 2.09 bits per heavy atom. The maximum absolute atomic E-state index is 12.9. The van der Waals surface area contributed by atoms with E-state index in [2.05, 4.69) is 27.7 Å². The molecule has 3 rings (SSSR count). The topological polar surface area (TPSA) is 81.8 Å². The van der Waals surface area contributed by atoms with Crippen LogP contribution in [0.25, 0.3) is 0 Å². The number of benzene rings is 2. The Bertz CT molecular complexity index is 910. The van der Waals surface area contributed by atoms with Crippen LogP contribution >= 0.6 is 0 Å². The first kappa shape index (κ1) is 24.3. The molecule has 1 unspecified atom stereocenters. The summed E-state index contributed by atoms with van der Waals surface area (Å²) in [4.78, 5) is 41.9.